The van der Waals surface area contributed by atoms with Crippen LogP contribution in [0.3, 0.4) is 0 Å². The van der Waals surface area contributed by atoms with Crippen LogP contribution in [-0.4, -0.2) is 49.0 Å². The van der Waals surface area contributed by atoms with Crippen molar-refractivity contribution in [3.05, 3.63) is 29.8 Å². The SMILES string of the molecule is CCNC(=NCc1cccc(NC(=O)C2CCC2)c1)N1CCCC(C(=O)OCC)C1. The molecule has 1 aromatic rings. The van der Waals surface area contributed by atoms with Gasteiger partial charge in [0.15, 0.2) is 5.96 Å². The number of esters is 1. The predicted molar refractivity (Wildman–Crippen MR) is 118 cm³/mol. The number of likely N-dealkylation sites (tertiary alicyclic amines) is 1. The van der Waals surface area contributed by atoms with Gasteiger partial charge in [0.05, 0.1) is 19.1 Å². The van der Waals surface area contributed by atoms with Crippen molar-refractivity contribution in [3.8, 4) is 0 Å². The Morgan fingerprint density at radius 3 is 2.67 bits per heavy atom. The third kappa shape index (κ3) is 5.97. The molecule has 1 heterocycles. The lowest BCUT2D eigenvalue weighted by Gasteiger charge is -2.34. The number of guanidine groups is 1. The third-order valence-electron chi connectivity index (χ3n) is 5.76. The number of piperidine rings is 1. The first-order valence-corrected chi connectivity index (χ1v) is 11.2. The highest BCUT2D eigenvalue weighted by Crippen LogP contribution is 2.27. The van der Waals surface area contributed by atoms with Crippen molar-refractivity contribution < 1.29 is 14.3 Å². The van der Waals surface area contributed by atoms with Crippen LogP contribution in [0.2, 0.25) is 0 Å². The highest BCUT2D eigenvalue weighted by molar-refractivity contribution is 5.93. The van der Waals surface area contributed by atoms with E-state index in [1.165, 1.54) is 0 Å². The first-order chi connectivity index (χ1) is 14.6. The molecule has 1 saturated heterocycles. The van der Waals surface area contributed by atoms with Crippen LogP contribution >= 0.6 is 0 Å². The highest BCUT2D eigenvalue weighted by atomic mass is 16.5. The molecular weight excluding hydrogens is 380 g/mol. The number of carbonyl (C=O) groups excluding carboxylic acids is 2. The predicted octanol–water partition coefficient (Wildman–Crippen LogP) is 3.17. The lowest BCUT2D eigenvalue weighted by atomic mass is 9.85. The lowest BCUT2D eigenvalue weighted by molar-refractivity contribution is -0.149. The summed E-state index contributed by atoms with van der Waals surface area (Å²) >= 11 is 0. The van der Waals surface area contributed by atoms with Crippen molar-refractivity contribution in [1.82, 2.24) is 10.2 Å². The van der Waals surface area contributed by atoms with Crippen LogP contribution in [0, 0.1) is 11.8 Å². The number of nitrogens with zero attached hydrogens (tertiary/aromatic N) is 2. The van der Waals surface area contributed by atoms with Crippen LogP contribution in [0.25, 0.3) is 0 Å². The van der Waals surface area contributed by atoms with Gasteiger partial charge in [0.1, 0.15) is 0 Å². The number of benzene rings is 1. The second-order valence-electron chi connectivity index (χ2n) is 8.02. The van der Waals surface area contributed by atoms with Crippen molar-refractivity contribution >= 4 is 23.5 Å². The molecule has 0 aromatic heterocycles. The Hall–Kier alpha value is -2.57. The molecule has 0 bridgehead atoms. The zero-order valence-corrected chi connectivity index (χ0v) is 18.2. The molecule has 7 heteroatoms. The van der Waals surface area contributed by atoms with Crippen LogP contribution in [0.1, 0.15) is 51.5 Å². The molecule has 2 N–H and O–H groups in total. The van der Waals surface area contributed by atoms with Crippen LogP contribution < -0.4 is 10.6 Å². The Morgan fingerprint density at radius 1 is 1.17 bits per heavy atom. The average molecular weight is 415 g/mol. The van der Waals surface area contributed by atoms with E-state index in [1.54, 1.807) is 0 Å². The minimum atomic E-state index is -0.118. The first-order valence-electron chi connectivity index (χ1n) is 11.2. The number of nitrogens with one attached hydrogen (secondary N) is 2. The summed E-state index contributed by atoms with van der Waals surface area (Å²) in [6, 6.07) is 7.88. The van der Waals surface area contributed by atoms with Gasteiger partial charge in [-0.2, -0.15) is 0 Å². The average Bonchev–Trinajstić information content (AvgIpc) is 2.70. The summed E-state index contributed by atoms with van der Waals surface area (Å²) in [5, 5.41) is 6.37. The van der Waals surface area contributed by atoms with E-state index in [0.29, 0.717) is 19.7 Å². The molecule has 1 aliphatic heterocycles. The molecule has 2 fully saturated rings. The Labute approximate surface area is 179 Å². The maximum atomic E-state index is 12.2. The summed E-state index contributed by atoms with van der Waals surface area (Å²) in [5.74, 6) is 0.878. The molecule has 7 nitrogen and oxygen atoms in total. The van der Waals surface area contributed by atoms with Gasteiger partial charge >= 0.3 is 5.97 Å². The summed E-state index contributed by atoms with van der Waals surface area (Å²) in [4.78, 5) is 31.3. The van der Waals surface area contributed by atoms with Crippen LogP contribution in [0.15, 0.2) is 29.3 Å². The first kappa shape index (κ1) is 22.1. The molecule has 1 atom stereocenters. The van der Waals surface area contributed by atoms with E-state index < -0.39 is 0 Å². The number of rotatable bonds is 7. The molecule has 0 radical (unpaired) electrons. The van der Waals surface area contributed by atoms with Gasteiger partial charge in [0, 0.05) is 31.2 Å². The fraction of sp³-hybridized carbons (Fsp3) is 0.609. The quantitative estimate of drug-likeness (QED) is 0.407. The van der Waals surface area contributed by atoms with Gasteiger partial charge in [-0.3, -0.25) is 9.59 Å². The Morgan fingerprint density at radius 2 is 1.97 bits per heavy atom. The smallest absolute Gasteiger partial charge is 0.310 e. The maximum Gasteiger partial charge on any atom is 0.310 e. The third-order valence-corrected chi connectivity index (χ3v) is 5.76. The molecule has 30 heavy (non-hydrogen) atoms. The van der Waals surface area contributed by atoms with Crippen LogP contribution in [-0.2, 0) is 20.9 Å². The van der Waals surface area contributed by atoms with Gasteiger partial charge in [-0.25, -0.2) is 4.99 Å². The van der Waals surface area contributed by atoms with Crippen molar-refractivity contribution in [1.29, 1.82) is 0 Å². The molecule has 1 amide bonds. The van der Waals surface area contributed by atoms with E-state index >= 15 is 0 Å². The molecular formula is C23H34N4O3. The minimum Gasteiger partial charge on any atom is -0.466 e. The normalized spacial score (nSPS) is 19.7. The summed E-state index contributed by atoms with van der Waals surface area (Å²) in [5.41, 5.74) is 1.86. The summed E-state index contributed by atoms with van der Waals surface area (Å²) < 4.78 is 5.21. The summed E-state index contributed by atoms with van der Waals surface area (Å²) in [6.07, 6.45) is 4.93. The second-order valence-corrected chi connectivity index (χ2v) is 8.02. The second kappa shape index (κ2) is 11.0. The van der Waals surface area contributed by atoms with Crippen molar-refractivity contribution in [2.45, 2.75) is 52.5 Å². The van der Waals surface area contributed by atoms with E-state index in [2.05, 4.69) is 15.5 Å². The number of aliphatic imine (C=N–C) groups is 1. The summed E-state index contributed by atoms with van der Waals surface area (Å²) in [6.45, 7) is 7.07. The molecule has 1 unspecified atom stereocenters. The van der Waals surface area contributed by atoms with Gasteiger partial charge in [-0.15, -0.1) is 0 Å². The van der Waals surface area contributed by atoms with E-state index in [4.69, 9.17) is 9.73 Å². The number of ether oxygens (including phenoxy) is 1. The van der Waals surface area contributed by atoms with Crippen molar-refractivity contribution in [2.75, 3.05) is 31.6 Å². The largest absolute Gasteiger partial charge is 0.466 e. The standard InChI is InChI=1S/C23H34N4O3/c1-3-24-23(27-13-7-11-19(16-27)22(29)30-4-2)25-15-17-8-5-12-20(14-17)26-21(28)18-9-6-10-18/h5,8,12,14,18-19H,3-4,6-7,9-11,13,15-16H2,1-2H3,(H,24,25)(H,26,28). The zero-order chi connectivity index (χ0) is 21.3. The topological polar surface area (TPSA) is 83.0 Å². The summed E-state index contributed by atoms with van der Waals surface area (Å²) in [7, 11) is 0. The highest BCUT2D eigenvalue weighted by Gasteiger charge is 2.28. The minimum absolute atomic E-state index is 0.104. The number of carbonyl (C=O) groups is 2. The van der Waals surface area contributed by atoms with Gasteiger partial charge < -0.3 is 20.3 Å². The molecule has 1 saturated carbocycles. The number of amides is 1. The van der Waals surface area contributed by atoms with E-state index in [1.807, 2.05) is 38.1 Å². The number of anilines is 1. The fourth-order valence-corrected chi connectivity index (χ4v) is 3.88. The Kier molecular flexibility index (Phi) is 8.11. The van der Waals surface area contributed by atoms with Gasteiger partial charge in [0.25, 0.3) is 0 Å². The monoisotopic (exact) mass is 414 g/mol. The molecule has 1 aromatic carbocycles. The molecule has 164 valence electrons. The zero-order valence-electron chi connectivity index (χ0n) is 18.2. The van der Waals surface area contributed by atoms with Crippen LogP contribution in [0.4, 0.5) is 5.69 Å². The van der Waals surface area contributed by atoms with Gasteiger partial charge in [-0.1, -0.05) is 18.6 Å². The van der Waals surface area contributed by atoms with E-state index in [-0.39, 0.29) is 23.7 Å². The fourth-order valence-electron chi connectivity index (χ4n) is 3.88. The Bertz CT molecular complexity index is 761. The van der Waals surface area contributed by atoms with Crippen LogP contribution in [0.5, 0.6) is 0 Å². The van der Waals surface area contributed by atoms with E-state index in [0.717, 1.165) is 62.4 Å². The van der Waals surface area contributed by atoms with Crippen molar-refractivity contribution in [2.24, 2.45) is 16.8 Å². The number of hydrogen-bond acceptors (Lipinski definition) is 4. The van der Waals surface area contributed by atoms with Crippen molar-refractivity contribution in [3.63, 3.8) is 0 Å². The lowest BCUT2D eigenvalue weighted by Crippen LogP contribution is -2.48. The van der Waals surface area contributed by atoms with E-state index in [9.17, 15) is 9.59 Å². The molecule has 0 spiro atoms. The Balaban J connectivity index is 1.63. The number of hydrogen-bond donors (Lipinski definition) is 2. The van der Waals surface area contributed by atoms with Gasteiger partial charge in [-0.05, 0) is 57.2 Å². The molecule has 1 aliphatic carbocycles. The van der Waals surface area contributed by atoms with Gasteiger partial charge in [0.2, 0.25) is 5.91 Å². The molecule has 2 aliphatic rings. The maximum absolute atomic E-state index is 12.2. The molecule has 3 rings (SSSR count).